The van der Waals surface area contributed by atoms with Gasteiger partial charge in [0.1, 0.15) is 0 Å². The minimum Gasteiger partial charge on any atom is -0.455 e. The van der Waals surface area contributed by atoms with Gasteiger partial charge in [0.2, 0.25) is 0 Å². The molecule has 4 fully saturated rings. The van der Waals surface area contributed by atoms with Gasteiger partial charge >= 0.3 is 12.0 Å². The van der Waals surface area contributed by atoms with Crippen LogP contribution in [0.4, 0.5) is 4.79 Å². The smallest absolute Gasteiger partial charge is 0.312 e. The molecule has 1 aromatic heterocycles. The van der Waals surface area contributed by atoms with E-state index >= 15 is 0 Å². The van der Waals surface area contributed by atoms with Gasteiger partial charge in [-0.15, -0.1) is 11.3 Å². The van der Waals surface area contributed by atoms with Gasteiger partial charge in [-0.05, 0) is 74.6 Å². The number of urea groups is 1. The van der Waals surface area contributed by atoms with E-state index < -0.39 is 24.1 Å². The van der Waals surface area contributed by atoms with Crippen LogP contribution in [0.15, 0.2) is 17.5 Å². The summed E-state index contributed by atoms with van der Waals surface area (Å²) in [5.74, 6) is 1.61. The van der Waals surface area contributed by atoms with Crippen LogP contribution >= 0.6 is 11.3 Å². The number of carbonyl (C=O) groups is 3. The molecule has 4 aliphatic rings. The van der Waals surface area contributed by atoms with Crippen LogP contribution in [0.3, 0.4) is 0 Å². The quantitative estimate of drug-likeness (QED) is 0.679. The number of hydrogen-bond donors (Lipinski definition) is 2. The molecule has 28 heavy (non-hydrogen) atoms. The number of amides is 2. The highest BCUT2D eigenvalue weighted by atomic mass is 32.1. The number of carbonyl (C=O) groups excluding carboxylic acids is 3. The summed E-state index contributed by atoms with van der Waals surface area (Å²) in [6.45, 7) is 1.69. The van der Waals surface area contributed by atoms with Crippen LogP contribution in [0.1, 0.15) is 62.8 Å². The van der Waals surface area contributed by atoms with Gasteiger partial charge in [0.15, 0.2) is 11.9 Å². The molecule has 4 saturated carbocycles. The molecule has 4 bridgehead atoms. The highest BCUT2D eigenvalue weighted by Gasteiger charge is 2.55. The summed E-state index contributed by atoms with van der Waals surface area (Å²) in [7, 11) is 0. The normalized spacial score (nSPS) is 32.5. The fourth-order valence-electron chi connectivity index (χ4n) is 6.19. The van der Waals surface area contributed by atoms with E-state index in [1.165, 1.54) is 30.6 Å². The second-order valence-electron chi connectivity index (χ2n) is 8.97. The summed E-state index contributed by atoms with van der Waals surface area (Å²) in [6, 6.07) is 2.46. The van der Waals surface area contributed by atoms with Crippen molar-refractivity contribution in [1.82, 2.24) is 5.32 Å². The number of Topliss-reactive ketones (excluding diaryl/α,β-unsaturated/α-hetero) is 1. The molecular weight excluding hydrogens is 376 g/mol. The van der Waals surface area contributed by atoms with Crippen molar-refractivity contribution in [2.24, 2.45) is 28.9 Å². The van der Waals surface area contributed by atoms with Crippen LogP contribution < -0.4 is 11.1 Å². The Labute approximate surface area is 169 Å². The molecule has 4 aliphatic carbocycles. The lowest BCUT2D eigenvalue weighted by molar-refractivity contribution is -0.165. The summed E-state index contributed by atoms with van der Waals surface area (Å²) < 4.78 is 5.54. The lowest BCUT2D eigenvalue weighted by Gasteiger charge is -2.56. The molecule has 0 radical (unpaired) electrons. The van der Waals surface area contributed by atoms with E-state index in [-0.39, 0.29) is 17.6 Å². The van der Waals surface area contributed by atoms with E-state index in [0.717, 1.165) is 24.1 Å². The van der Waals surface area contributed by atoms with Gasteiger partial charge in [-0.2, -0.15) is 0 Å². The Morgan fingerprint density at radius 2 is 1.82 bits per heavy atom. The van der Waals surface area contributed by atoms with Crippen molar-refractivity contribution in [3.8, 4) is 0 Å². The van der Waals surface area contributed by atoms with Crippen LogP contribution in [0, 0.1) is 23.2 Å². The molecule has 2 amide bonds. The maximum Gasteiger partial charge on any atom is 0.312 e. The van der Waals surface area contributed by atoms with Gasteiger partial charge in [-0.3, -0.25) is 9.59 Å². The first-order chi connectivity index (χ1) is 13.3. The van der Waals surface area contributed by atoms with Gasteiger partial charge in [-0.25, -0.2) is 4.79 Å². The van der Waals surface area contributed by atoms with Crippen LogP contribution in [-0.2, 0) is 14.3 Å². The molecule has 0 aliphatic heterocycles. The van der Waals surface area contributed by atoms with Crippen molar-refractivity contribution in [3.05, 3.63) is 22.4 Å². The number of nitrogens with two attached hydrogens (primary N) is 1. The van der Waals surface area contributed by atoms with Crippen molar-refractivity contribution < 1.29 is 19.1 Å². The predicted molar refractivity (Wildman–Crippen MR) is 106 cm³/mol. The van der Waals surface area contributed by atoms with Crippen molar-refractivity contribution >= 4 is 29.1 Å². The Balaban J connectivity index is 1.38. The molecule has 3 N–H and O–H groups in total. The molecule has 0 aromatic carbocycles. The van der Waals surface area contributed by atoms with E-state index in [1.54, 1.807) is 6.92 Å². The molecule has 5 rings (SSSR count). The van der Waals surface area contributed by atoms with Crippen LogP contribution in [-0.4, -0.2) is 23.9 Å². The number of rotatable bonds is 7. The van der Waals surface area contributed by atoms with E-state index in [1.807, 2.05) is 17.5 Å². The zero-order valence-corrected chi connectivity index (χ0v) is 17.0. The number of ketones is 1. The molecule has 1 heterocycles. The van der Waals surface area contributed by atoms with E-state index in [9.17, 15) is 14.4 Å². The highest BCUT2D eigenvalue weighted by Crippen LogP contribution is 2.60. The van der Waals surface area contributed by atoms with Crippen molar-refractivity contribution in [3.63, 3.8) is 0 Å². The third-order valence-electron chi connectivity index (χ3n) is 6.81. The first-order valence-electron chi connectivity index (χ1n) is 10.2. The van der Waals surface area contributed by atoms with E-state index in [4.69, 9.17) is 10.5 Å². The molecule has 0 unspecified atom stereocenters. The summed E-state index contributed by atoms with van der Waals surface area (Å²) in [5, 5.41) is 4.46. The zero-order chi connectivity index (χ0) is 19.9. The third-order valence-corrected chi connectivity index (χ3v) is 7.80. The summed E-state index contributed by atoms with van der Waals surface area (Å²) in [4.78, 5) is 37.9. The topological polar surface area (TPSA) is 98.5 Å². The Morgan fingerprint density at radius 3 is 2.32 bits per heavy atom. The second-order valence-corrected chi connectivity index (χ2v) is 9.95. The molecule has 1 aromatic rings. The standard InChI is InChI=1S/C21H28N2O4S/c1-12(19(25)21-9-13-5-14(10-21)7-15(6-13)11-21)27-18(24)8-16(23-20(22)26)17-3-2-4-28-17/h2-4,12-16H,5-11H2,1H3,(H3,22,23,26)/t12-,13?,14?,15?,16+,21?/m0/s1. The molecule has 2 atom stereocenters. The first kappa shape index (κ1) is 19.4. The summed E-state index contributed by atoms with van der Waals surface area (Å²) >= 11 is 1.43. The Hall–Kier alpha value is -1.89. The third kappa shape index (κ3) is 3.81. The Kier molecular flexibility index (Phi) is 5.21. The molecule has 7 heteroatoms. The molecule has 6 nitrogen and oxygen atoms in total. The Bertz CT molecular complexity index is 725. The van der Waals surface area contributed by atoms with Gasteiger partial charge in [-0.1, -0.05) is 6.07 Å². The summed E-state index contributed by atoms with van der Waals surface area (Å²) in [5.41, 5.74) is 4.96. The summed E-state index contributed by atoms with van der Waals surface area (Å²) in [6.07, 6.45) is 5.89. The molecule has 0 spiro atoms. The minimum atomic E-state index is -0.749. The number of nitrogens with one attached hydrogen (secondary N) is 1. The number of esters is 1. The number of thiophene rings is 1. The number of hydrogen-bond acceptors (Lipinski definition) is 5. The van der Waals surface area contributed by atoms with Gasteiger partial charge in [0.25, 0.3) is 0 Å². The second kappa shape index (κ2) is 7.50. The van der Waals surface area contributed by atoms with Gasteiger partial charge in [0, 0.05) is 10.3 Å². The van der Waals surface area contributed by atoms with Crippen molar-refractivity contribution in [2.45, 2.75) is 64.0 Å². The molecular formula is C21H28N2O4S. The SMILES string of the molecule is C[C@H](OC(=O)C[C@@H](NC(N)=O)c1cccs1)C(=O)C12CC3CC(CC(C3)C1)C2. The average Bonchev–Trinajstić information content (AvgIpc) is 3.13. The van der Waals surface area contributed by atoms with Crippen LogP contribution in [0.2, 0.25) is 0 Å². The van der Waals surface area contributed by atoms with Gasteiger partial charge in [0.05, 0.1) is 12.5 Å². The monoisotopic (exact) mass is 404 g/mol. The predicted octanol–water partition coefficient (Wildman–Crippen LogP) is 3.56. The van der Waals surface area contributed by atoms with Crippen molar-refractivity contribution in [1.29, 1.82) is 0 Å². The number of ether oxygens (including phenoxy) is 1. The van der Waals surface area contributed by atoms with Gasteiger partial charge < -0.3 is 15.8 Å². The van der Waals surface area contributed by atoms with E-state index in [0.29, 0.717) is 17.8 Å². The Morgan fingerprint density at radius 1 is 1.21 bits per heavy atom. The molecule has 0 saturated heterocycles. The average molecular weight is 405 g/mol. The van der Waals surface area contributed by atoms with Crippen LogP contribution in [0.5, 0.6) is 0 Å². The molecule has 152 valence electrons. The van der Waals surface area contributed by atoms with E-state index in [2.05, 4.69) is 5.32 Å². The highest BCUT2D eigenvalue weighted by molar-refractivity contribution is 7.10. The van der Waals surface area contributed by atoms with Crippen molar-refractivity contribution in [2.75, 3.05) is 0 Å². The maximum absolute atomic E-state index is 13.3. The maximum atomic E-state index is 13.3. The zero-order valence-electron chi connectivity index (χ0n) is 16.2. The lowest BCUT2D eigenvalue weighted by atomic mass is 9.48. The lowest BCUT2D eigenvalue weighted by Crippen LogP contribution is -2.52. The first-order valence-corrected chi connectivity index (χ1v) is 11.1. The fourth-order valence-corrected chi connectivity index (χ4v) is 6.97. The number of primary amides is 1. The fraction of sp³-hybridized carbons (Fsp3) is 0.667. The largest absolute Gasteiger partial charge is 0.455 e. The minimum absolute atomic E-state index is 0.0397. The van der Waals surface area contributed by atoms with Crippen LogP contribution in [0.25, 0.3) is 0 Å².